The molecule has 3 nitrogen and oxygen atoms in total. The summed E-state index contributed by atoms with van der Waals surface area (Å²) in [6.45, 7) is 8.06. The summed E-state index contributed by atoms with van der Waals surface area (Å²) in [5.41, 5.74) is 8.82. The van der Waals surface area contributed by atoms with E-state index in [0.717, 1.165) is 26.2 Å². The Labute approximate surface area is 116 Å². The number of benzene rings is 1. The van der Waals surface area contributed by atoms with Gasteiger partial charge in [0.2, 0.25) is 0 Å². The lowest BCUT2D eigenvalue weighted by molar-refractivity contribution is 0.00449. The van der Waals surface area contributed by atoms with Gasteiger partial charge in [0.15, 0.2) is 0 Å². The molecule has 2 unspecified atom stereocenters. The lowest BCUT2D eigenvalue weighted by atomic mass is 10.0. The van der Waals surface area contributed by atoms with Crippen molar-refractivity contribution in [3.8, 4) is 0 Å². The molecule has 1 heterocycles. The monoisotopic (exact) mass is 262 g/mol. The minimum absolute atomic E-state index is 0.0981. The number of hydrogen-bond acceptors (Lipinski definition) is 3. The number of ether oxygens (including phenoxy) is 1. The van der Waals surface area contributed by atoms with Gasteiger partial charge in [0.25, 0.3) is 0 Å². The van der Waals surface area contributed by atoms with Gasteiger partial charge in [-0.05, 0) is 38.8 Å². The maximum Gasteiger partial charge on any atom is 0.0702 e. The van der Waals surface area contributed by atoms with Gasteiger partial charge >= 0.3 is 0 Å². The third kappa shape index (κ3) is 4.30. The fourth-order valence-electron chi connectivity index (χ4n) is 2.75. The summed E-state index contributed by atoms with van der Waals surface area (Å²) in [6.07, 6.45) is 2.79. The third-order valence-electron chi connectivity index (χ3n) is 3.83. The summed E-state index contributed by atoms with van der Waals surface area (Å²) >= 11 is 0. The van der Waals surface area contributed by atoms with Gasteiger partial charge in [-0.2, -0.15) is 0 Å². The topological polar surface area (TPSA) is 38.5 Å². The quantitative estimate of drug-likeness (QED) is 0.886. The van der Waals surface area contributed by atoms with Crippen LogP contribution in [0.1, 0.15) is 36.9 Å². The van der Waals surface area contributed by atoms with Crippen molar-refractivity contribution in [2.45, 2.75) is 38.8 Å². The van der Waals surface area contributed by atoms with Crippen molar-refractivity contribution >= 4 is 0 Å². The average Bonchev–Trinajstić information content (AvgIpc) is 2.40. The standard InChI is InChI=1S/C16H26N2O/c1-3-19-15-5-4-10-18(11-15)12-16(17)14-8-6-13(2)7-9-14/h6-9,15-16H,3-5,10-12,17H2,1-2H3. The molecule has 2 rings (SSSR count). The highest BCUT2D eigenvalue weighted by Gasteiger charge is 2.21. The van der Waals surface area contributed by atoms with E-state index in [1.165, 1.54) is 24.0 Å². The average molecular weight is 262 g/mol. The molecule has 0 aromatic heterocycles. The predicted octanol–water partition coefficient (Wildman–Crippen LogP) is 2.50. The Bertz CT molecular complexity index is 375. The van der Waals surface area contributed by atoms with E-state index in [2.05, 4.69) is 43.0 Å². The summed E-state index contributed by atoms with van der Waals surface area (Å²) < 4.78 is 5.73. The van der Waals surface area contributed by atoms with E-state index in [0.29, 0.717) is 6.10 Å². The number of hydrogen-bond donors (Lipinski definition) is 1. The summed E-state index contributed by atoms with van der Waals surface area (Å²) in [6, 6.07) is 8.65. The van der Waals surface area contributed by atoms with Crippen molar-refractivity contribution < 1.29 is 4.74 Å². The molecular formula is C16H26N2O. The van der Waals surface area contributed by atoms with Crippen LogP contribution in [-0.4, -0.2) is 37.2 Å². The highest BCUT2D eigenvalue weighted by atomic mass is 16.5. The van der Waals surface area contributed by atoms with Crippen molar-refractivity contribution in [2.24, 2.45) is 5.73 Å². The van der Waals surface area contributed by atoms with Crippen LogP contribution in [0.2, 0.25) is 0 Å². The van der Waals surface area contributed by atoms with Crippen LogP contribution in [-0.2, 0) is 4.74 Å². The first-order valence-corrected chi connectivity index (χ1v) is 7.35. The van der Waals surface area contributed by atoms with Gasteiger partial charge in [-0.15, -0.1) is 0 Å². The number of likely N-dealkylation sites (tertiary alicyclic amines) is 1. The van der Waals surface area contributed by atoms with E-state index in [4.69, 9.17) is 10.5 Å². The van der Waals surface area contributed by atoms with Crippen molar-refractivity contribution in [1.82, 2.24) is 4.90 Å². The fraction of sp³-hybridized carbons (Fsp3) is 0.625. The first-order valence-electron chi connectivity index (χ1n) is 7.35. The van der Waals surface area contributed by atoms with Gasteiger partial charge in [-0.3, -0.25) is 4.90 Å². The molecule has 19 heavy (non-hydrogen) atoms. The maximum atomic E-state index is 6.31. The largest absolute Gasteiger partial charge is 0.377 e. The van der Waals surface area contributed by atoms with E-state index in [1.54, 1.807) is 0 Å². The molecule has 106 valence electrons. The molecule has 1 aromatic carbocycles. The third-order valence-corrected chi connectivity index (χ3v) is 3.83. The first kappa shape index (κ1) is 14.5. The summed E-state index contributed by atoms with van der Waals surface area (Å²) in [5.74, 6) is 0. The van der Waals surface area contributed by atoms with Crippen LogP contribution < -0.4 is 5.73 Å². The Morgan fingerprint density at radius 3 is 2.79 bits per heavy atom. The smallest absolute Gasteiger partial charge is 0.0702 e. The molecule has 0 radical (unpaired) electrons. The number of rotatable bonds is 5. The minimum Gasteiger partial charge on any atom is -0.377 e. The second-order valence-electron chi connectivity index (χ2n) is 5.50. The molecule has 0 aliphatic carbocycles. The molecule has 0 bridgehead atoms. The minimum atomic E-state index is 0.0981. The van der Waals surface area contributed by atoms with E-state index < -0.39 is 0 Å². The lowest BCUT2D eigenvalue weighted by Crippen LogP contribution is -2.42. The zero-order valence-corrected chi connectivity index (χ0v) is 12.1. The zero-order valence-electron chi connectivity index (χ0n) is 12.1. The second-order valence-corrected chi connectivity index (χ2v) is 5.50. The van der Waals surface area contributed by atoms with Crippen LogP contribution in [0.3, 0.4) is 0 Å². The molecule has 1 saturated heterocycles. The Balaban J connectivity index is 1.87. The maximum absolute atomic E-state index is 6.31. The van der Waals surface area contributed by atoms with Crippen molar-refractivity contribution in [3.63, 3.8) is 0 Å². The molecule has 0 amide bonds. The Kier molecular flexibility index (Phi) is 5.37. The second kappa shape index (κ2) is 7.04. The Hall–Kier alpha value is -0.900. The van der Waals surface area contributed by atoms with E-state index in [9.17, 15) is 0 Å². The van der Waals surface area contributed by atoms with Gasteiger partial charge in [-0.1, -0.05) is 29.8 Å². The number of piperidine rings is 1. The highest BCUT2D eigenvalue weighted by molar-refractivity contribution is 5.24. The van der Waals surface area contributed by atoms with E-state index in [1.807, 2.05) is 0 Å². The molecule has 1 aliphatic rings. The molecule has 0 saturated carbocycles. The van der Waals surface area contributed by atoms with Gasteiger partial charge in [0, 0.05) is 25.7 Å². The molecule has 3 heteroatoms. The van der Waals surface area contributed by atoms with Gasteiger partial charge in [-0.25, -0.2) is 0 Å². The summed E-state index contributed by atoms with van der Waals surface area (Å²) in [4.78, 5) is 2.44. The van der Waals surface area contributed by atoms with E-state index >= 15 is 0 Å². The van der Waals surface area contributed by atoms with Crippen LogP contribution in [0.15, 0.2) is 24.3 Å². The normalized spacial score (nSPS) is 22.4. The number of nitrogens with zero attached hydrogens (tertiary/aromatic N) is 1. The van der Waals surface area contributed by atoms with Crippen molar-refractivity contribution in [1.29, 1.82) is 0 Å². The number of aryl methyl sites for hydroxylation is 1. The summed E-state index contributed by atoms with van der Waals surface area (Å²) in [7, 11) is 0. The van der Waals surface area contributed by atoms with Crippen LogP contribution in [0.4, 0.5) is 0 Å². The lowest BCUT2D eigenvalue weighted by Gasteiger charge is -2.34. The highest BCUT2D eigenvalue weighted by Crippen LogP contribution is 2.18. The Morgan fingerprint density at radius 1 is 1.37 bits per heavy atom. The van der Waals surface area contributed by atoms with Gasteiger partial charge < -0.3 is 10.5 Å². The molecule has 1 aromatic rings. The van der Waals surface area contributed by atoms with Crippen LogP contribution in [0.5, 0.6) is 0 Å². The zero-order chi connectivity index (χ0) is 13.7. The number of nitrogens with two attached hydrogens (primary N) is 1. The molecular weight excluding hydrogens is 236 g/mol. The van der Waals surface area contributed by atoms with Crippen LogP contribution in [0, 0.1) is 6.92 Å². The molecule has 2 N–H and O–H groups in total. The first-order chi connectivity index (χ1) is 9.19. The molecule has 2 atom stereocenters. The molecule has 0 spiro atoms. The van der Waals surface area contributed by atoms with Crippen molar-refractivity contribution in [3.05, 3.63) is 35.4 Å². The van der Waals surface area contributed by atoms with Crippen molar-refractivity contribution in [2.75, 3.05) is 26.2 Å². The Morgan fingerprint density at radius 2 is 2.11 bits per heavy atom. The predicted molar refractivity (Wildman–Crippen MR) is 79.2 cm³/mol. The van der Waals surface area contributed by atoms with Crippen LogP contribution in [0.25, 0.3) is 0 Å². The molecule has 1 fully saturated rings. The van der Waals surface area contributed by atoms with Crippen LogP contribution >= 0.6 is 0 Å². The fourth-order valence-corrected chi connectivity index (χ4v) is 2.75. The summed E-state index contributed by atoms with van der Waals surface area (Å²) in [5, 5.41) is 0. The SMILES string of the molecule is CCOC1CCCN(CC(N)c2ccc(C)cc2)C1. The van der Waals surface area contributed by atoms with Gasteiger partial charge in [0.1, 0.15) is 0 Å². The molecule has 1 aliphatic heterocycles. The van der Waals surface area contributed by atoms with E-state index in [-0.39, 0.29) is 6.04 Å². The van der Waals surface area contributed by atoms with Gasteiger partial charge in [0.05, 0.1) is 6.10 Å².